The number of para-hydroxylation sites is 1. The monoisotopic (exact) mass is 269 g/mol. The molecule has 0 fully saturated rings. The molecule has 0 atom stereocenters. The highest BCUT2D eigenvalue weighted by atomic mass is 32.1. The smallest absolute Gasteiger partial charge is 0.177 e. The number of thiazole rings is 1. The van der Waals surface area contributed by atoms with Gasteiger partial charge in [0.15, 0.2) is 8.38 Å². The zero-order valence-corrected chi connectivity index (χ0v) is 11.8. The predicted octanol–water partition coefficient (Wildman–Crippen LogP) is 4.18. The maximum Gasteiger partial charge on any atom is 0.177 e. The van der Waals surface area contributed by atoms with E-state index in [1.165, 1.54) is 4.70 Å². The highest BCUT2D eigenvalue weighted by molar-refractivity contribution is 7.46. The molecule has 0 aliphatic heterocycles. The van der Waals surface area contributed by atoms with Gasteiger partial charge in [0.05, 0.1) is 29.6 Å². The largest absolute Gasteiger partial charge is 0.334 e. The Morgan fingerprint density at radius 3 is 2.53 bits per heavy atom. The molecule has 0 aliphatic carbocycles. The summed E-state index contributed by atoms with van der Waals surface area (Å²) in [5, 5.41) is 1.10. The van der Waals surface area contributed by atoms with Gasteiger partial charge in [-0.15, -0.1) is 11.3 Å². The molecular weight excluding hydrogens is 253 g/mol. The Labute approximate surface area is 107 Å². The first-order chi connectivity index (χ1) is 8.33. The quantitative estimate of drug-likeness (QED) is 0.737. The summed E-state index contributed by atoms with van der Waals surface area (Å²) < 4.78 is 12.4. The third-order valence-electron chi connectivity index (χ3n) is 2.15. The van der Waals surface area contributed by atoms with Crippen LogP contribution in [-0.2, 0) is 15.2 Å². The second kappa shape index (κ2) is 6.41. The molecule has 1 aromatic heterocycles. The molecule has 1 aromatic carbocycles. The van der Waals surface area contributed by atoms with Crippen molar-refractivity contribution in [1.82, 2.24) is 4.98 Å². The van der Waals surface area contributed by atoms with Crippen LogP contribution < -0.4 is 0 Å². The van der Waals surface area contributed by atoms with E-state index in [4.69, 9.17) is 9.05 Å². The zero-order valence-electron chi connectivity index (χ0n) is 10.0. The molecule has 2 rings (SSSR count). The van der Waals surface area contributed by atoms with E-state index in [9.17, 15) is 0 Å². The van der Waals surface area contributed by atoms with Gasteiger partial charge in [-0.05, 0) is 26.0 Å². The lowest BCUT2D eigenvalue weighted by atomic mass is 10.3. The molecule has 0 bridgehead atoms. The van der Waals surface area contributed by atoms with Gasteiger partial charge in [-0.1, -0.05) is 12.1 Å². The van der Waals surface area contributed by atoms with Crippen LogP contribution >= 0.6 is 19.7 Å². The molecule has 0 unspecified atom stereocenters. The van der Waals surface area contributed by atoms with Gasteiger partial charge in [-0.25, -0.2) is 4.98 Å². The van der Waals surface area contributed by atoms with E-state index in [1.807, 2.05) is 32.0 Å². The van der Waals surface area contributed by atoms with Gasteiger partial charge < -0.3 is 9.05 Å². The summed E-state index contributed by atoms with van der Waals surface area (Å²) in [5.41, 5.74) is 1.07. The molecular formula is C12H16NO2PS. The summed E-state index contributed by atoms with van der Waals surface area (Å²) in [7, 11) is -0.826. The molecule has 3 nitrogen and oxygen atoms in total. The van der Waals surface area contributed by atoms with Crippen LogP contribution in [0.15, 0.2) is 24.3 Å². The van der Waals surface area contributed by atoms with Gasteiger partial charge in [0.2, 0.25) is 0 Å². The minimum atomic E-state index is -0.826. The van der Waals surface area contributed by atoms with E-state index in [2.05, 4.69) is 11.1 Å². The van der Waals surface area contributed by atoms with Crippen molar-refractivity contribution in [3.63, 3.8) is 0 Å². The summed E-state index contributed by atoms with van der Waals surface area (Å²) in [6.45, 7) is 5.37. The third-order valence-corrected chi connectivity index (χ3v) is 5.05. The minimum absolute atomic E-state index is 0.691. The number of aromatic nitrogens is 1. The van der Waals surface area contributed by atoms with Gasteiger partial charge in [-0.2, -0.15) is 0 Å². The first kappa shape index (κ1) is 12.9. The van der Waals surface area contributed by atoms with Crippen molar-refractivity contribution < 1.29 is 9.05 Å². The standard InChI is InChI=1S/C12H16NO2PS/c1-3-14-16(15-4-2)9-12-13-10-7-5-6-8-11(10)17-12/h5-8H,3-4,9H2,1-2H3. The van der Waals surface area contributed by atoms with E-state index < -0.39 is 8.38 Å². The highest BCUT2D eigenvalue weighted by Crippen LogP contribution is 2.43. The van der Waals surface area contributed by atoms with Crippen LogP contribution in [0.4, 0.5) is 0 Å². The highest BCUT2D eigenvalue weighted by Gasteiger charge is 2.13. The van der Waals surface area contributed by atoms with Gasteiger partial charge >= 0.3 is 0 Å². The first-order valence-corrected chi connectivity index (χ1v) is 7.89. The number of benzene rings is 1. The maximum absolute atomic E-state index is 5.59. The number of nitrogens with zero attached hydrogens (tertiary/aromatic N) is 1. The molecule has 0 aliphatic rings. The van der Waals surface area contributed by atoms with Gasteiger partial charge in [0.1, 0.15) is 5.01 Å². The fourth-order valence-electron chi connectivity index (χ4n) is 1.51. The van der Waals surface area contributed by atoms with E-state index in [0.29, 0.717) is 13.2 Å². The maximum atomic E-state index is 5.59. The SMILES string of the molecule is CCOP(Cc1nc2ccccc2s1)OCC. The number of fused-ring (bicyclic) bond motifs is 1. The summed E-state index contributed by atoms with van der Waals surface area (Å²) in [4.78, 5) is 4.59. The van der Waals surface area contributed by atoms with Gasteiger partial charge in [0.25, 0.3) is 0 Å². The molecule has 0 saturated carbocycles. The Hall–Kier alpha value is -0.540. The lowest BCUT2D eigenvalue weighted by Gasteiger charge is -2.13. The van der Waals surface area contributed by atoms with Crippen LogP contribution in [0, 0.1) is 0 Å². The number of hydrogen-bond acceptors (Lipinski definition) is 4. The van der Waals surface area contributed by atoms with Gasteiger partial charge in [-0.3, -0.25) is 0 Å². The fraction of sp³-hybridized carbons (Fsp3) is 0.417. The molecule has 92 valence electrons. The molecule has 0 amide bonds. The second-order valence-corrected chi connectivity index (χ2v) is 6.02. The summed E-state index contributed by atoms with van der Waals surface area (Å²) >= 11 is 1.72. The lowest BCUT2D eigenvalue weighted by Crippen LogP contribution is -1.93. The zero-order chi connectivity index (χ0) is 12.1. The van der Waals surface area contributed by atoms with Crippen molar-refractivity contribution in [3.8, 4) is 0 Å². The molecule has 5 heteroatoms. The molecule has 1 heterocycles. The molecule has 17 heavy (non-hydrogen) atoms. The van der Waals surface area contributed by atoms with Crippen LogP contribution in [-0.4, -0.2) is 18.2 Å². The number of hydrogen-bond donors (Lipinski definition) is 0. The normalized spacial score (nSPS) is 11.5. The van der Waals surface area contributed by atoms with Crippen molar-refractivity contribution >= 4 is 29.9 Å². The van der Waals surface area contributed by atoms with E-state index in [0.717, 1.165) is 16.7 Å². The Morgan fingerprint density at radius 1 is 1.18 bits per heavy atom. The van der Waals surface area contributed by atoms with Crippen molar-refractivity contribution in [3.05, 3.63) is 29.3 Å². The molecule has 0 N–H and O–H groups in total. The van der Waals surface area contributed by atoms with Crippen molar-refractivity contribution in [1.29, 1.82) is 0 Å². The lowest BCUT2D eigenvalue weighted by molar-refractivity contribution is 0.268. The van der Waals surface area contributed by atoms with Crippen LogP contribution in [0.3, 0.4) is 0 Å². The van der Waals surface area contributed by atoms with Crippen LogP contribution in [0.5, 0.6) is 0 Å². The van der Waals surface area contributed by atoms with Crippen LogP contribution in [0.2, 0.25) is 0 Å². The van der Waals surface area contributed by atoms with E-state index in [-0.39, 0.29) is 0 Å². The van der Waals surface area contributed by atoms with Crippen molar-refractivity contribution in [2.75, 3.05) is 13.2 Å². The Bertz CT molecular complexity index is 435. The topological polar surface area (TPSA) is 31.4 Å². The second-order valence-electron chi connectivity index (χ2n) is 3.40. The molecule has 2 aromatic rings. The molecule has 0 radical (unpaired) electrons. The van der Waals surface area contributed by atoms with Crippen molar-refractivity contribution in [2.24, 2.45) is 0 Å². The van der Waals surface area contributed by atoms with Crippen molar-refractivity contribution in [2.45, 2.75) is 20.0 Å². The molecule has 0 saturated heterocycles. The summed E-state index contributed by atoms with van der Waals surface area (Å²) in [6, 6.07) is 8.19. The Balaban J connectivity index is 2.10. The summed E-state index contributed by atoms with van der Waals surface area (Å²) in [6.07, 6.45) is 0.788. The molecule has 0 spiro atoms. The van der Waals surface area contributed by atoms with E-state index in [1.54, 1.807) is 11.3 Å². The number of rotatable bonds is 6. The Kier molecular flexibility index (Phi) is 4.86. The van der Waals surface area contributed by atoms with Crippen LogP contribution in [0.25, 0.3) is 10.2 Å². The summed E-state index contributed by atoms with van der Waals surface area (Å²) in [5.74, 6) is 0. The first-order valence-electron chi connectivity index (χ1n) is 5.71. The fourth-order valence-corrected chi connectivity index (χ4v) is 3.98. The Morgan fingerprint density at radius 2 is 1.88 bits per heavy atom. The minimum Gasteiger partial charge on any atom is -0.334 e. The third kappa shape index (κ3) is 3.46. The average Bonchev–Trinajstić information content (AvgIpc) is 2.71. The predicted molar refractivity (Wildman–Crippen MR) is 73.5 cm³/mol. The van der Waals surface area contributed by atoms with Crippen LogP contribution in [0.1, 0.15) is 18.9 Å². The average molecular weight is 269 g/mol. The van der Waals surface area contributed by atoms with E-state index >= 15 is 0 Å². The van der Waals surface area contributed by atoms with Gasteiger partial charge in [0, 0.05) is 0 Å².